The Morgan fingerprint density at radius 3 is 2.95 bits per heavy atom. The van der Waals surface area contributed by atoms with Crippen LogP contribution in [0.4, 0.5) is 11.4 Å². The van der Waals surface area contributed by atoms with Crippen LogP contribution in [0.5, 0.6) is 0 Å². The number of carbonyl (C=O) groups is 1. The average Bonchev–Trinajstić information content (AvgIpc) is 2.88. The monoisotopic (exact) mass is 275 g/mol. The Kier molecular flexibility index (Phi) is 3.53. The van der Waals surface area contributed by atoms with E-state index in [4.69, 9.17) is 10.8 Å². The maximum absolute atomic E-state index is 10.9. The SMILES string of the molecule is Nc1cc(C(=O)O)ccc1NC1CCN2CCCC2C1. The molecule has 5 heteroatoms. The number of benzene rings is 1. The molecule has 108 valence electrons. The number of nitrogens with one attached hydrogen (secondary N) is 1. The highest BCUT2D eigenvalue weighted by Gasteiger charge is 2.31. The third-order valence-corrected chi connectivity index (χ3v) is 4.48. The lowest BCUT2D eigenvalue weighted by Gasteiger charge is -2.35. The molecular weight excluding hydrogens is 254 g/mol. The smallest absolute Gasteiger partial charge is 0.335 e. The Morgan fingerprint density at radius 2 is 2.20 bits per heavy atom. The van der Waals surface area contributed by atoms with Gasteiger partial charge in [0.2, 0.25) is 0 Å². The van der Waals surface area contributed by atoms with E-state index in [0.29, 0.717) is 17.8 Å². The molecule has 3 rings (SSSR count). The minimum Gasteiger partial charge on any atom is -0.478 e. The van der Waals surface area contributed by atoms with Gasteiger partial charge in [-0.1, -0.05) is 0 Å². The van der Waals surface area contributed by atoms with Crippen LogP contribution in [0.3, 0.4) is 0 Å². The zero-order chi connectivity index (χ0) is 14.1. The average molecular weight is 275 g/mol. The van der Waals surface area contributed by atoms with E-state index in [9.17, 15) is 4.79 Å². The van der Waals surface area contributed by atoms with Crippen molar-refractivity contribution in [2.45, 2.75) is 37.8 Å². The number of nitrogens with zero attached hydrogens (tertiary/aromatic N) is 1. The number of rotatable bonds is 3. The first-order valence-corrected chi connectivity index (χ1v) is 7.27. The van der Waals surface area contributed by atoms with E-state index in [0.717, 1.165) is 25.1 Å². The normalized spacial score (nSPS) is 26.2. The summed E-state index contributed by atoms with van der Waals surface area (Å²) in [5.74, 6) is -0.942. The molecule has 2 unspecified atom stereocenters. The molecule has 1 aromatic rings. The number of fused-ring (bicyclic) bond motifs is 1. The lowest BCUT2D eigenvalue weighted by Crippen LogP contribution is -2.42. The lowest BCUT2D eigenvalue weighted by molar-refractivity contribution is 0.0697. The Morgan fingerprint density at radius 1 is 1.35 bits per heavy atom. The van der Waals surface area contributed by atoms with Gasteiger partial charge >= 0.3 is 5.97 Å². The number of anilines is 2. The molecule has 4 N–H and O–H groups in total. The zero-order valence-electron chi connectivity index (χ0n) is 11.5. The van der Waals surface area contributed by atoms with Gasteiger partial charge in [0.05, 0.1) is 16.9 Å². The second kappa shape index (κ2) is 5.32. The summed E-state index contributed by atoms with van der Waals surface area (Å²) in [6.07, 6.45) is 4.88. The highest BCUT2D eigenvalue weighted by atomic mass is 16.4. The molecule has 0 spiro atoms. The Labute approximate surface area is 118 Å². The number of carboxylic acids is 1. The van der Waals surface area contributed by atoms with Gasteiger partial charge in [0, 0.05) is 18.6 Å². The van der Waals surface area contributed by atoms with E-state index < -0.39 is 5.97 Å². The minimum atomic E-state index is -0.942. The number of hydrogen-bond acceptors (Lipinski definition) is 4. The number of nitrogen functional groups attached to an aromatic ring is 1. The number of carboxylic acid groups (broad SMARTS) is 1. The van der Waals surface area contributed by atoms with Gasteiger partial charge in [0.25, 0.3) is 0 Å². The van der Waals surface area contributed by atoms with Crippen LogP contribution in [-0.2, 0) is 0 Å². The van der Waals surface area contributed by atoms with Crippen LogP contribution < -0.4 is 11.1 Å². The highest BCUT2D eigenvalue weighted by Crippen LogP contribution is 2.30. The Balaban J connectivity index is 1.67. The molecule has 2 aliphatic rings. The topological polar surface area (TPSA) is 78.6 Å². The summed E-state index contributed by atoms with van der Waals surface area (Å²) >= 11 is 0. The largest absolute Gasteiger partial charge is 0.478 e. The van der Waals surface area contributed by atoms with Crippen LogP contribution in [0.15, 0.2) is 18.2 Å². The second-order valence-corrected chi connectivity index (χ2v) is 5.80. The molecule has 2 fully saturated rings. The van der Waals surface area contributed by atoms with Crippen molar-refractivity contribution in [1.29, 1.82) is 0 Å². The number of aromatic carboxylic acids is 1. The molecule has 2 saturated heterocycles. The predicted molar refractivity (Wildman–Crippen MR) is 79.1 cm³/mol. The van der Waals surface area contributed by atoms with Crippen molar-refractivity contribution < 1.29 is 9.90 Å². The molecule has 2 aliphatic heterocycles. The van der Waals surface area contributed by atoms with Crippen LogP contribution in [0, 0.1) is 0 Å². The number of piperidine rings is 1. The third kappa shape index (κ3) is 2.58. The summed E-state index contributed by atoms with van der Waals surface area (Å²) in [4.78, 5) is 13.5. The first-order chi connectivity index (χ1) is 9.63. The van der Waals surface area contributed by atoms with Crippen molar-refractivity contribution in [3.05, 3.63) is 23.8 Å². The summed E-state index contributed by atoms with van der Waals surface area (Å²) in [7, 11) is 0. The molecule has 20 heavy (non-hydrogen) atoms. The first kappa shape index (κ1) is 13.2. The molecule has 0 radical (unpaired) electrons. The zero-order valence-corrected chi connectivity index (χ0v) is 11.5. The molecule has 2 atom stereocenters. The van der Waals surface area contributed by atoms with Gasteiger partial charge in [-0.2, -0.15) is 0 Å². The van der Waals surface area contributed by atoms with Crippen LogP contribution in [-0.4, -0.2) is 41.1 Å². The quantitative estimate of drug-likeness (QED) is 0.735. The molecule has 5 nitrogen and oxygen atoms in total. The standard InChI is InChI=1S/C15H21N3O2/c16-13-8-10(15(19)20)3-4-14(13)17-11-5-7-18-6-1-2-12(18)9-11/h3-4,8,11-12,17H,1-2,5-7,9,16H2,(H,19,20). The van der Waals surface area contributed by atoms with Crippen molar-refractivity contribution in [2.24, 2.45) is 0 Å². The van der Waals surface area contributed by atoms with E-state index in [1.807, 2.05) is 0 Å². The Hall–Kier alpha value is -1.75. The van der Waals surface area contributed by atoms with E-state index in [2.05, 4.69) is 10.2 Å². The molecule has 1 aromatic carbocycles. The second-order valence-electron chi connectivity index (χ2n) is 5.80. The van der Waals surface area contributed by atoms with Crippen LogP contribution >= 0.6 is 0 Å². The fourth-order valence-electron chi connectivity index (χ4n) is 3.40. The van der Waals surface area contributed by atoms with Gasteiger partial charge in [-0.05, 0) is 50.4 Å². The highest BCUT2D eigenvalue weighted by molar-refractivity contribution is 5.90. The summed E-state index contributed by atoms with van der Waals surface area (Å²) < 4.78 is 0. The van der Waals surface area contributed by atoms with E-state index in [1.54, 1.807) is 12.1 Å². The van der Waals surface area contributed by atoms with Crippen molar-refractivity contribution in [2.75, 3.05) is 24.1 Å². The molecular formula is C15H21N3O2. The summed E-state index contributed by atoms with van der Waals surface area (Å²) in [6.45, 7) is 2.39. The van der Waals surface area contributed by atoms with Gasteiger partial charge in [0.1, 0.15) is 0 Å². The van der Waals surface area contributed by atoms with E-state index in [1.165, 1.54) is 25.5 Å². The van der Waals surface area contributed by atoms with Crippen molar-refractivity contribution in [1.82, 2.24) is 4.90 Å². The van der Waals surface area contributed by atoms with Gasteiger partial charge in [-0.15, -0.1) is 0 Å². The maximum atomic E-state index is 10.9. The minimum absolute atomic E-state index is 0.235. The molecule has 0 amide bonds. The predicted octanol–water partition coefficient (Wildman–Crippen LogP) is 2.01. The number of nitrogens with two attached hydrogens (primary N) is 1. The Bertz CT molecular complexity index is 518. The van der Waals surface area contributed by atoms with Crippen LogP contribution in [0.1, 0.15) is 36.0 Å². The van der Waals surface area contributed by atoms with E-state index >= 15 is 0 Å². The number of hydrogen-bond donors (Lipinski definition) is 3. The lowest BCUT2D eigenvalue weighted by atomic mass is 9.97. The van der Waals surface area contributed by atoms with Crippen LogP contribution in [0.25, 0.3) is 0 Å². The summed E-state index contributed by atoms with van der Waals surface area (Å²) in [5.41, 5.74) is 7.55. The van der Waals surface area contributed by atoms with Gasteiger partial charge in [-0.25, -0.2) is 4.79 Å². The van der Waals surface area contributed by atoms with E-state index in [-0.39, 0.29) is 5.56 Å². The van der Waals surface area contributed by atoms with Crippen LogP contribution in [0.2, 0.25) is 0 Å². The molecule has 0 aliphatic carbocycles. The maximum Gasteiger partial charge on any atom is 0.335 e. The molecule has 0 aromatic heterocycles. The fraction of sp³-hybridized carbons (Fsp3) is 0.533. The molecule has 0 bridgehead atoms. The molecule has 0 saturated carbocycles. The third-order valence-electron chi connectivity index (χ3n) is 4.48. The van der Waals surface area contributed by atoms with Crippen molar-refractivity contribution in [3.8, 4) is 0 Å². The molecule has 2 heterocycles. The summed E-state index contributed by atoms with van der Waals surface area (Å²) in [6, 6.07) is 6.05. The van der Waals surface area contributed by atoms with Gasteiger partial charge in [-0.3, -0.25) is 0 Å². The van der Waals surface area contributed by atoms with Gasteiger partial charge < -0.3 is 21.1 Å². The van der Waals surface area contributed by atoms with Gasteiger partial charge in [0.15, 0.2) is 0 Å². The first-order valence-electron chi connectivity index (χ1n) is 7.27. The van der Waals surface area contributed by atoms with Crippen molar-refractivity contribution in [3.63, 3.8) is 0 Å². The summed E-state index contributed by atoms with van der Waals surface area (Å²) in [5, 5.41) is 12.4. The fourth-order valence-corrected chi connectivity index (χ4v) is 3.40. The van der Waals surface area contributed by atoms with Crippen molar-refractivity contribution >= 4 is 17.3 Å².